The van der Waals surface area contributed by atoms with E-state index < -0.39 is 16.1 Å². The highest BCUT2D eigenvalue weighted by atomic mass is 35.5. The Balaban J connectivity index is 1.65. The maximum absolute atomic E-state index is 12.9. The van der Waals surface area contributed by atoms with Crippen LogP contribution in [0.25, 0.3) is 10.8 Å². The van der Waals surface area contributed by atoms with E-state index in [1.54, 1.807) is 36.4 Å². The van der Waals surface area contributed by atoms with Crippen LogP contribution >= 0.6 is 23.2 Å². The van der Waals surface area contributed by atoms with Crippen LogP contribution in [-0.2, 0) is 10.0 Å². The van der Waals surface area contributed by atoms with E-state index in [0.29, 0.717) is 15.4 Å². The summed E-state index contributed by atoms with van der Waals surface area (Å²) in [7, 11) is 0.0249. The first-order valence-corrected chi connectivity index (χ1v) is 11.6. The lowest BCUT2D eigenvalue weighted by atomic mass is 10.1. The van der Waals surface area contributed by atoms with E-state index in [-0.39, 0.29) is 23.7 Å². The molecular formula is C21H22Cl2N4O3S. The smallest absolute Gasteiger partial charge is 0.319 e. The van der Waals surface area contributed by atoms with Crippen LogP contribution < -0.4 is 20.3 Å². The summed E-state index contributed by atoms with van der Waals surface area (Å²) < 4.78 is 28.3. The van der Waals surface area contributed by atoms with Crippen LogP contribution in [0.3, 0.4) is 0 Å². The first-order chi connectivity index (χ1) is 14.7. The van der Waals surface area contributed by atoms with E-state index in [9.17, 15) is 13.2 Å². The van der Waals surface area contributed by atoms with Crippen molar-refractivity contribution < 1.29 is 13.2 Å². The average Bonchev–Trinajstić information content (AvgIpc) is 2.73. The Morgan fingerprint density at radius 1 is 0.903 bits per heavy atom. The zero-order valence-electron chi connectivity index (χ0n) is 16.9. The predicted octanol–water partition coefficient (Wildman–Crippen LogP) is 4.31. The fourth-order valence-electron chi connectivity index (χ4n) is 3.10. The molecule has 31 heavy (non-hydrogen) atoms. The van der Waals surface area contributed by atoms with Crippen LogP contribution in [0.5, 0.6) is 0 Å². The van der Waals surface area contributed by atoms with Gasteiger partial charge in [-0.25, -0.2) is 17.9 Å². The minimum absolute atomic E-state index is 0.00969. The molecular weight excluding hydrogens is 459 g/mol. The third-order valence-corrected chi connectivity index (χ3v) is 6.68. The van der Waals surface area contributed by atoms with Crippen LogP contribution in [0.1, 0.15) is 0 Å². The molecule has 0 saturated heterocycles. The number of fused-ring (bicyclic) bond motifs is 1. The highest BCUT2D eigenvalue weighted by Crippen LogP contribution is 2.30. The molecule has 0 fully saturated rings. The summed E-state index contributed by atoms with van der Waals surface area (Å²) in [6.45, 7) is 0.0800. The summed E-state index contributed by atoms with van der Waals surface area (Å²) in [4.78, 5) is 14.2. The van der Waals surface area contributed by atoms with Gasteiger partial charge in [-0.1, -0.05) is 53.5 Å². The van der Waals surface area contributed by atoms with Crippen LogP contribution in [-0.4, -0.2) is 41.6 Å². The molecule has 0 spiro atoms. The van der Waals surface area contributed by atoms with Gasteiger partial charge in [0.2, 0.25) is 10.0 Å². The third-order valence-electron chi connectivity index (χ3n) is 4.53. The second-order valence-corrected chi connectivity index (χ2v) is 9.45. The van der Waals surface area contributed by atoms with Gasteiger partial charge in [-0.15, -0.1) is 0 Å². The number of carbonyl (C=O) groups excluding carboxylic acids is 1. The molecule has 2 amide bonds. The van der Waals surface area contributed by atoms with Gasteiger partial charge in [0.15, 0.2) is 0 Å². The Hall–Kier alpha value is -2.52. The summed E-state index contributed by atoms with van der Waals surface area (Å²) in [5.41, 5.74) is 1.21. The highest BCUT2D eigenvalue weighted by molar-refractivity contribution is 7.89. The van der Waals surface area contributed by atoms with Gasteiger partial charge in [-0.3, -0.25) is 0 Å². The number of urea groups is 1. The molecule has 0 aliphatic rings. The van der Waals surface area contributed by atoms with Crippen molar-refractivity contribution in [1.29, 1.82) is 0 Å². The first-order valence-electron chi connectivity index (χ1n) is 9.38. The zero-order chi connectivity index (χ0) is 22.6. The van der Waals surface area contributed by atoms with Crippen LogP contribution in [0.4, 0.5) is 16.2 Å². The Morgan fingerprint density at radius 2 is 1.52 bits per heavy atom. The quantitative estimate of drug-likeness (QED) is 0.439. The number of carbonyl (C=O) groups is 1. The number of benzene rings is 3. The number of anilines is 2. The lowest BCUT2D eigenvalue weighted by molar-refractivity contribution is 0.252. The SMILES string of the molecule is CN(C)c1cccc2c(S(=O)(=O)NCCNC(=O)Nc3c(Cl)cccc3Cl)cccc12. The van der Waals surface area contributed by atoms with Gasteiger partial charge in [0.05, 0.1) is 20.6 Å². The monoisotopic (exact) mass is 480 g/mol. The lowest BCUT2D eigenvalue weighted by Gasteiger charge is -2.17. The van der Waals surface area contributed by atoms with Gasteiger partial charge in [0, 0.05) is 43.6 Å². The maximum Gasteiger partial charge on any atom is 0.319 e. The fourth-order valence-corrected chi connectivity index (χ4v) is 4.85. The molecule has 0 bridgehead atoms. The van der Waals surface area contributed by atoms with Gasteiger partial charge in [-0.2, -0.15) is 0 Å². The number of hydrogen-bond donors (Lipinski definition) is 3. The van der Waals surface area contributed by atoms with Gasteiger partial charge >= 0.3 is 6.03 Å². The fraction of sp³-hybridized carbons (Fsp3) is 0.190. The minimum Gasteiger partial charge on any atom is -0.377 e. The molecule has 3 aromatic rings. The molecule has 0 radical (unpaired) electrons. The molecule has 164 valence electrons. The van der Waals surface area contributed by atoms with E-state index in [1.807, 2.05) is 37.2 Å². The van der Waals surface area contributed by atoms with E-state index in [2.05, 4.69) is 15.4 Å². The van der Waals surface area contributed by atoms with Crippen molar-refractivity contribution in [2.75, 3.05) is 37.4 Å². The molecule has 0 atom stereocenters. The molecule has 0 aliphatic carbocycles. The van der Waals surface area contributed by atoms with Crippen molar-refractivity contribution in [2.24, 2.45) is 0 Å². The van der Waals surface area contributed by atoms with Crippen molar-refractivity contribution >= 4 is 61.4 Å². The molecule has 3 N–H and O–H groups in total. The lowest BCUT2D eigenvalue weighted by Crippen LogP contribution is -2.37. The topological polar surface area (TPSA) is 90.5 Å². The summed E-state index contributed by atoms with van der Waals surface area (Å²) in [5, 5.41) is 7.19. The van der Waals surface area contributed by atoms with Crippen LogP contribution in [0.2, 0.25) is 10.0 Å². The van der Waals surface area contributed by atoms with Gasteiger partial charge in [0.25, 0.3) is 0 Å². The molecule has 3 aromatic carbocycles. The molecule has 0 aromatic heterocycles. The van der Waals surface area contributed by atoms with Crippen molar-refractivity contribution in [3.63, 3.8) is 0 Å². The third kappa shape index (κ3) is 5.40. The second kappa shape index (κ2) is 9.74. The molecule has 0 heterocycles. The molecule has 3 rings (SSSR count). The average molecular weight is 481 g/mol. The molecule has 0 saturated carbocycles. The number of rotatable bonds is 7. The molecule has 7 nitrogen and oxygen atoms in total. The van der Waals surface area contributed by atoms with Crippen LogP contribution in [0, 0.1) is 0 Å². The highest BCUT2D eigenvalue weighted by Gasteiger charge is 2.18. The van der Waals surface area contributed by atoms with E-state index in [4.69, 9.17) is 23.2 Å². The number of para-hydroxylation sites is 1. The molecule has 10 heteroatoms. The zero-order valence-corrected chi connectivity index (χ0v) is 19.3. The van der Waals surface area contributed by atoms with Crippen LogP contribution in [0.15, 0.2) is 59.5 Å². The summed E-state index contributed by atoms with van der Waals surface area (Å²) in [6, 6.07) is 15.0. The van der Waals surface area contributed by atoms with Crippen molar-refractivity contribution in [3.8, 4) is 0 Å². The standard InChI is InChI=1S/C21H22Cl2N4O3S/c1-27(2)18-10-3-7-15-14(18)6-4-11-19(15)31(29,30)25-13-12-24-21(28)26-20-16(22)8-5-9-17(20)23/h3-11,25H,12-13H2,1-2H3,(H2,24,26,28). The van der Waals surface area contributed by atoms with E-state index in [1.165, 1.54) is 0 Å². The Kier molecular flexibility index (Phi) is 7.27. The van der Waals surface area contributed by atoms with Crippen molar-refractivity contribution in [3.05, 3.63) is 64.6 Å². The first kappa shape index (κ1) is 23.1. The van der Waals surface area contributed by atoms with Gasteiger partial charge in [0.1, 0.15) is 0 Å². The number of amides is 2. The Morgan fingerprint density at radius 3 is 2.19 bits per heavy atom. The Bertz CT molecular complexity index is 1200. The van der Waals surface area contributed by atoms with Gasteiger partial charge < -0.3 is 15.5 Å². The second-order valence-electron chi connectivity index (χ2n) is 6.90. The molecule has 0 aliphatic heterocycles. The van der Waals surface area contributed by atoms with Crippen molar-refractivity contribution in [1.82, 2.24) is 10.0 Å². The van der Waals surface area contributed by atoms with Gasteiger partial charge in [-0.05, 0) is 24.3 Å². The van der Waals surface area contributed by atoms with E-state index >= 15 is 0 Å². The Labute approximate surface area is 191 Å². The minimum atomic E-state index is -3.78. The predicted molar refractivity (Wildman–Crippen MR) is 127 cm³/mol. The summed E-state index contributed by atoms with van der Waals surface area (Å²) >= 11 is 12.0. The number of halogens is 2. The number of hydrogen-bond acceptors (Lipinski definition) is 4. The summed E-state index contributed by atoms with van der Waals surface area (Å²) in [6.07, 6.45) is 0. The largest absolute Gasteiger partial charge is 0.377 e. The number of sulfonamides is 1. The summed E-state index contributed by atoms with van der Waals surface area (Å²) in [5.74, 6) is 0. The van der Waals surface area contributed by atoms with E-state index in [0.717, 1.165) is 11.1 Å². The maximum atomic E-state index is 12.9. The van der Waals surface area contributed by atoms with Crippen molar-refractivity contribution in [2.45, 2.75) is 4.90 Å². The normalized spacial score (nSPS) is 11.4. The number of nitrogens with zero attached hydrogens (tertiary/aromatic N) is 1. The number of nitrogens with one attached hydrogen (secondary N) is 3. The molecule has 0 unspecified atom stereocenters.